The molecule has 35 heavy (non-hydrogen) atoms. The Balaban J connectivity index is 1.89. The first-order chi connectivity index (χ1) is 16.8. The molecule has 184 valence electrons. The number of rotatable bonds is 10. The number of aliphatic imine (C=N–C) groups is 1. The highest BCUT2D eigenvalue weighted by Crippen LogP contribution is 2.30. The molecule has 13 heteroatoms. The van der Waals surface area contributed by atoms with E-state index in [-0.39, 0.29) is 47.9 Å². The van der Waals surface area contributed by atoms with E-state index in [9.17, 15) is 4.79 Å². The lowest BCUT2D eigenvalue weighted by molar-refractivity contribution is -0.126. The monoisotopic (exact) mass is 538 g/mol. The van der Waals surface area contributed by atoms with Crippen LogP contribution in [0.25, 0.3) is 5.69 Å². The van der Waals surface area contributed by atoms with Gasteiger partial charge < -0.3 is 25.6 Å². The highest BCUT2D eigenvalue weighted by molar-refractivity contribution is 6.43. The minimum Gasteiger partial charge on any atom is -0.461 e. The third kappa shape index (κ3) is 6.71. The van der Waals surface area contributed by atoms with Gasteiger partial charge in [0.15, 0.2) is 0 Å². The van der Waals surface area contributed by atoms with Crippen molar-refractivity contribution in [3.05, 3.63) is 76.1 Å². The van der Waals surface area contributed by atoms with Crippen LogP contribution in [-0.2, 0) is 14.3 Å². The molecule has 2 aromatic heterocycles. The van der Waals surface area contributed by atoms with Crippen LogP contribution in [0.5, 0.6) is 0 Å². The molecule has 1 atom stereocenters. The van der Waals surface area contributed by atoms with Crippen LogP contribution in [0.4, 0.5) is 11.6 Å². The van der Waals surface area contributed by atoms with Gasteiger partial charge in [-0.15, -0.1) is 0 Å². The van der Waals surface area contributed by atoms with E-state index in [0.717, 1.165) is 0 Å². The number of aromatic nitrogens is 3. The Bertz CT molecular complexity index is 1220. The van der Waals surface area contributed by atoms with Gasteiger partial charge in [0.05, 0.1) is 52.3 Å². The summed E-state index contributed by atoms with van der Waals surface area (Å²) in [6.45, 7) is 3.14. The molecule has 10 nitrogen and oxygen atoms in total. The van der Waals surface area contributed by atoms with E-state index >= 15 is 0 Å². The quantitative estimate of drug-likeness (QED) is 0.203. The number of anilines is 2. The molecule has 0 saturated carbocycles. The number of amides is 1. The Morgan fingerprint density at radius 1 is 1.29 bits per heavy atom. The van der Waals surface area contributed by atoms with Crippen molar-refractivity contribution < 1.29 is 19.4 Å². The van der Waals surface area contributed by atoms with Gasteiger partial charge in [-0.25, -0.2) is 14.7 Å². The molecule has 0 saturated heterocycles. The number of carbonyl (C=O) groups excluding carboxylic acids is 1. The summed E-state index contributed by atoms with van der Waals surface area (Å²) in [5.41, 5.74) is 7.02. The van der Waals surface area contributed by atoms with Crippen LogP contribution in [-0.4, -0.2) is 57.6 Å². The van der Waals surface area contributed by atoms with Gasteiger partial charge in [-0.05, 0) is 24.3 Å². The SMILES string of the molecule is C=C/N=C(/O[C@@H](COCCO)C(=O)Nc1ccc(Cl)cn1)c1cnn(-c2cccc(Cl)c2Cl)c1N. The largest absolute Gasteiger partial charge is 0.461 e. The van der Waals surface area contributed by atoms with Crippen molar-refractivity contribution in [1.29, 1.82) is 0 Å². The lowest BCUT2D eigenvalue weighted by Gasteiger charge is -2.19. The van der Waals surface area contributed by atoms with Crippen molar-refractivity contribution in [1.82, 2.24) is 14.8 Å². The van der Waals surface area contributed by atoms with E-state index in [0.29, 0.717) is 15.7 Å². The molecule has 2 heterocycles. The molecule has 4 N–H and O–H groups in total. The summed E-state index contributed by atoms with van der Waals surface area (Å²) in [5.74, 6) is -0.248. The Labute approximate surface area is 215 Å². The third-order valence-electron chi connectivity index (χ3n) is 4.43. The van der Waals surface area contributed by atoms with Gasteiger partial charge >= 0.3 is 0 Å². The second kappa shape index (κ2) is 12.5. The second-order valence-corrected chi connectivity index (χ2v) is 8.02. The summed E-state index contributed by atoms with van der Waals surface area (Å²) in [5, 5.41) is 16.9. The average Bonchev–Trinajstić information content (AvgIpc) is 3.22. The van der Waals surface area contributed by atoms with Crippen molar-refractivity contribution in [2.75, 3.05) is 30.9 Å². The number of ether oxygens (including phenoxy) is 2. The van der Waals surface area contributed by atoms with Crippen LogP contribution >= 0.6 is 34.8 Å². The van der Waals surface area contributed by atoms with E-state index in [1.165, 1.54) is 29.3 Å². The Morgan fingerprint density at radius 3 is 2.77 bits per heavy atom. The Morgan fingerprint density at radius 2 is 2.09 bits per heavy atom. The van der Waals surface area contributed by atoms with Gasteiger partial charge in [0, 0.05) is 12.4 Å². The van der Waals surface area contributed by atoms with Crippen molar-refractivity contribution in [3.8, 4) is 5.69 Å². The van der Waals surface area contributed by atoms with Crippen LogP contribution in [0.2, 0.25) is 15.1 Å². The summed E-state index contributed by atoms with van der Waals surface area (Å²) >= 11 is 18.3. The van der Waals surface area contributed by atoms with Crippen molar-refractivity contribution in [2.45, 2.75) is 6.10 Å². The maximum absolute atomic E-state index is 12.9. The minimum atomic E-state index is -1.20. The second-order valence-electron chi connectivity index (χ2n) is 6.80. The summed E-state index contributed by atoms with van der Waals surface area (Å²) in [7, 11) is 0. The highest BCUT2D eigenvalue weighted by Gasteiger charge is 2.26. The summed E-state index contributed by atoms with van der Waals surface area (Å²) < 4.78 is 12.6. The zero-order valence-electron chi connectivity index (χ0n) is 18.2. The van der Waals surface area contributed by atoms with Crippen LogP contribution < -0.4 is 11.1 Å². The molecule has 1 amide bonds. The minimum absolute atomic E-state index is 0.00634. The van der Waals surface area contributed by atoms with Gasteiger partial charge in [-0.1, -0.05) is 47.4 Å². The molecule has 3 rings (SSSR count). The topological polar surface area (TPSA) is 137 Å². The molecule has 1 aromatic carbocycles. The summed E-state index contributed by atoms with van der Waals surface area (Å²) in [6, 6.07) is 8.12. The lowest BCUT2D eigenvalue weighted by atomic mass is 10.2. The molecular formula is C22H21Cl3N6O4. The van der Waals surface area contributed by atoms with Crippen LogP contribution in [0.3, 0.4) is 0 Å². The maximum atomic E-state index is 12.9. The number of nitrogen functional groups attached to an aromatic ring is 1. The van der Waals surface area contributed by atoms with Crippen molar-refractivity contribution in [3.63, 3.8) is 0 Å². The Kier molecular flexibility index (Phi) is 9.47. The van der Waals surface area contributed by atoms with E-state index in [1.807, 2.05) is 0 Å². The number of pyridine rings is 1. The normalized spacial score (nSPS) is 12.3. The predicted octanol–water partition coefficient (Wildman–Crippen LogP) is 3.73. The maximum Gasteiger partial charge on any atom is 0.269 e. The van der Waals surface area contributed by atoms with E-state index < -0.39 is 12.0 Å². The fourth-order valence-electron chi connectivity index (χ4n) is 2.83. The third-order valence-corrected chi connectivity index (χ3v) is 5.47. The Hall–Kier alpha value is -3.15. The first kappa shape index (κ1) is 26.5. The number of carbonyl (C=O) groups is 1. The lowest BCUT2D eigenvalue weighted by Crippen LogP contribution is -2.37. The molecule has 0 radical (unpaired) electrons. The predicted molar refractivity (Wildman–Crippen MR) is 135 cm³/mol. The van der Waals surface area contributed by atoms with Crippen molar-refractivity contribution in [2.24, 2.45) is 4.99 Å². The zero-order chi connectivity index (χ0) is 25.4. The first-order valence-corrected chi connectivity index (χ1v) is 11.2. The fourth-order valence-corrected chi connectivity index (χ4v) is 3.31. The molecule has 0 unspecified atom stereocenters. The molecule has 0 aliphatic heterocycles. The van der Waals surface area contributed by atoms with Crippen molar-refractivity contribution >= 4 is 58.2 Å². The van der Waals surface area contributed by atoms with E-state index in [4.69, 9.17) is 55.1 Å². The molecule has 3 aromatic rings. The molecule has 0 fully saturated rings. The average molecular weight is 540 g/mol. The molecule has 0 aliphatic carbocycles. The van der Waals surface area contributed by atoms with Crippen LogP contribution in [0.15, 0.2) is 60.5 Å². The van der Waals surface area contributed by atoms with Crippen LogP contribution in [0.1, 0.15) is 5.56 Å². The number of aliphatic hydroxyl groups excluding tert-OH is 1. The smallest absolute Gasteiger partial charge is 0.269 e. The van der Waals surface area contributed by atoms with Gasteiger partial charge in [-0.2, -0.15) is 5.10 Å². The number of nitrogens with two attached hydrogens (primary N) is 1. The number of benzene rings is 1. The number of halogens is 3. The molecule has 0 spiro atoms. The first-order valence-electron chi connectivity index (χ1n) is 10.1. The van der Waals surface area contributed by atoms with E-state index in [2.05, 4.69) is 27.0 Å². The molecular weight excluding hydrogens is 519 g/mol. The highest BCUT2D eigenvalue weighted by atomic mass is 35.5. The summed E-state index contributed by atoms with van der Waals surface area (Å²) in [4.78, 5) is 21.1. The summed E-state index contributed by atoms with van der Waals surface area (Å²) in [6.07, 6.45) is 2.81. The molecule has 0 aliphatic rings. The van der Waals surface area contributed by atoms with Crippen LogP contribution in [0, 0.1) is 0 Å². The number of hydrogen-bond donors (Lipinski definition) is 3. The zero-order valence-corrected chi connectivity index (χ0v) is 20.5. The number of hydrogen-bond acceptors (Lipinski definition) is 8. The van der Waals surface area contributed by atoms with Gasteiger partial charge in [0.2, 0.25) is 12.0 Å². The number of nitrogens with one attached hydrogen (secondary N) is 1. The van der Waals surface area contributed by atoms with Gasteiger partial charge in [-0.3, -0.25) is 4.79 Å². The number of aliphatic hydroxyl groups is 1. The van der Waals surface area contributed by atoms with E-state index in [1.54, 1.807) is 24.3 Å². The van der Waals surface area contributed by atoms with Gasteiger partial charge in [0.25, 0.3) is 5.91 Å². The number of nitrogens with zero attached hydrogens (tertiary/aromatic N) is 4. The standard InChI is InChI=1S/C22H21Cl3N6O4/c1-2-27-22(14-11-29-31(20(14)26)16-5-3-4-15(24)19(16)25)35-17(12-34-9-8-32)21(33)30-18-7-6-13(23)10-28-18/h2-7,10-11,17,32H,1,8-9,12,26H2,(H,28,30,33)/b27-22+/t17-/m0/s1. The molecule has 0 bridgehead atoms. The van der Waals surface area contributed by atoms with Gasteiger partial charge in [0.1, 0.15) is 11.6 Å². The fraction of sp³-hybridized carbons (Fsp3) is 0.182.